The minimum atomic E-state index is -1.02. The maximum Gasteiger partial charge on any atom is 0.319 e. The summed E-state index contributed by atoms with van der Waals surface area (Å²) >= 11 is 0. The molecule has 0 heterocycles. The van der Waals surface area contributed by atoms with Crippen LogP contribution in [0.4, 0.5) is 10.5 Å². The van der Waals surface area contributed by atoms with Gasteiger partial charge in [-0.2, -0.15) is 5.26 Å². The molecular formula is C17H17N3O2S. The molecule has 0 saturated carbocycles. The largest absolute Gasteiger partial charge is 0.337 e. The fraction of sp³-hybridized carbons (Fsp3) is 0.176. The van der Waals surface area contributed by atoms with Crippen LogP contribution in [-0.2, 0) is 16.6 Å². The van der Waals surface area contributed by atoms with Gasteiger partial charge in [0.2, 0.25) is 0 Å². The number of carbonyl (C=O) groups is 1. The molecule has 0 radical (unpaired) electrons. The van der Waals surface area contributed by atoms with Gasteiger partial charge in [-0.1, -0.05) is 30.3 Å². The lowest BCUT2D eigenvalue weighted by Gasteiger charge is -2.08. The fourth-order valence-electron chi connectivity index (χ4n) is 1.91. The van der Waals surface area contributed by atoms with E-state index in [2.05, 4.69) is 10.6 Å². The number of nitrogens with one attached hydrogen (secondary N) is 2. The summed E-state index contributed by atoms with van der Waals surface area (Å²) in [6, 6.07) is 17.8. The number of benzene rings is 2. The van der Waals surface area contributed by atoms with Gasteiger partial charge in [0.05, 0.1) is 11.6 Å². The summed E-state index contributed by atoms with van der Waals surface area (Å²) < 4.78 is 11.9. The van der Waals surface area contributed by atoms with Gasteiger partial charge in [-0.25, -0.2) is 4.79 Å². The molecule has 2 aromatic carbocycles. The normalized spacial score (nSPS) is 11.3. The highest BCUT2D eigenvalue weighted by atomic mass is 32.2. The number of hydrogen-bond acceptors (Lipinski definition) is 3. The fourth-order valence-corrected chi connectivity index (χ4v) is 2.95. The molecule has 0 unspecified atom stereocenters. The van der Waals surface area contributed by atoms with E-state index in [-0.39, 0.29) is 6.03 Å². The molecule has 23 heavy (non-hydrogen) atoms. The lowest BCUT2D eigenvalue weighted by atomic mass is 10.2. The van der Waals surface area contributed by atoms with E-state index in [1.54, 1.807) is 24.3 Å². The van der Waals surface area contributed by atoms with Crippen molar-refractivity contribution >= 4 is 22.5 Å². The molecule has 1 atom stereocenters. The highest BCUT2D eigenvalue weighted by Gasteiger charge is 2.04. The molecule has 0 fully saturated rings. The van der Waals surface area contributed by atoms with Crippen LogP contribution in [0.3, 0.4) is 0 Å². The maximum atomic E-state index is 11.9. The third kappa shape index (κ3) is 5.93. The van der Waals surface area contributed by atoms with Gasteiger partial charge in [-0.05, 0) is 29.8 Å². The Morgan fingerprint density at radius 3 is 2.43 bits per heavy atom. The van der Waals surface area contributed by atoms with Crippen LogP contribution in [-0.4, -0.2) is 22.5 Å². The summed E-state index contributed by atoms with van der Waals surface area (Å²) in [5.41, 5.74) is 2.16. The molecule has 0 spiro atoms. The Labute approximate surface area is 137 Å². The van der Waals surface area contributed by atoms with Gasteiger partial charge in [-0.3, -0.25) is 4.21 Å². The smallest absolute Gasteiger partial charge is 0.319 e. The molecule has 0 aromatic heterocycles. The third-order valence-electron chi connectivity index (χ3n) is 3.06. The molecule has 2 aromatic rings. The summed E-state index contributed by atoms with van der Waals surface area (Å²) in [6.45, 7) is 0.335. The lowest BCUT2D eigenvalue weighted by Crippen LogP contribution is -2.32. The Morgan fingerprint density at radius 2 is 1.78 bits per heavy atom. The van der Waals surface area contributed by atoms with E-state index in [9.17, 15) is 9.00 Å². The average Bonchev–Trinajstić information content (AvgIpc) is 2.56. The summed E-state index contributed by atoms with van der Waals surface area (Å²) in [6.07, 6.45) is 0. The van der Waals surface area contributed by atoms with Gasteiger partial charge in [0.1, 0.15) is 0 Å². The first-order valence-corrected chi connectivity index (χ1v) is 8.60. The van der Waals surface area contributed by atoms with E-state index >= 15 is 0 Å². The van der Waals surface area contributed by atoms with Gasteiger partial charge >= 0.3 is 6.03 Å². The number of carbonyl (C=O) groups excluding carboxylic acids is 1. The van der Waals surface area contributed by atoms with Crippen molar-refractivity contribution in [2.24, 2.45) is 0 Å². The van der Waals surface area contributed by atoms with Crippen molar-refractivity contribution in [1.29, 1.82) is 5.26 Å². The second-order valence-electron chi connectivity index (χ2n) is 4.84. The van der Waals surface area contributed by atoms with Crippen molar-refractivity contribution < 1.29 is 9.00 Å². The first-order chi connectivity index (χ1) is 11.2. The molecule has 0 aliphatic heterocycles. The quantitative estimate of drug-likeness (QED) is 0.855. The van der Waals surface area contributed by atoms with Crippen LogP contribution in [0.5, 0.6) is 0 Å². The van der Waals surface area contributed by atoms with Crippen LogP contribution in [0.25, 0.3) is 0 Å². The van der Waals surface area contributed by atoms with Gasteiger partial charge in [0.15, 0.2) is 0 Å². The third-order valence-corrected chi connectivity index (χ3v) is 4.37. The Morgan fingerprint density at radius 1 is 1.09 bits per heavy atom. The predicted octanol–water partition coefficient (Wildman–Crippen LogP) is 2.63. The standard InChI is InChI=1S/C17H17N3O2S/c18-12-14-6-8-16(9-7-14)20-17(21)19-10-11-23(22)13-15-4-2-1-3-5-15/h1-9H,10-11,13H2,(H2,19,20,21)/t23-/m0/s1. The predicted molar refractivity (Wildman–Crippen MR) is 91.3 cm³/mol. The molecule has 5 nitrogen and oxygen atoms in total. The first kappa shape index (κ1) is 16.7. The Bertz CT molecular complexity index is 709. The maximum absolute atomic E-state index is 11.9. The molecule has 0 bridgehead atoms. The van der Waals surface area contributed by atoms with Crippen molar-refractivity contribution in [1.82, 2.24) is 5.32 Å². The summed E-state index contributed by atoms with van der Waals surface area (Å²) in [5.74, 6) is 0.884. The highest BCUT2D eigenvalue weighted by molar-refractivity contribution is 7.84. The molecule has 118 valence electrons. The topological polar surface area (TPSA) is 82.0 Å². The van der Waals surface area contributed by atoms with Crippen LogP contribution in [0.15, 0.2) is 54.6 Å². The van der Waals surface area contributed by atoms with Crippen molar-refractivity contribution in [2.75, 3.05) is 17.6 Å². The molecule has 6 heteroatoms. The first-order valence-electron chi connectivity index (χ1n) is 7.11. The molecule has 0 saturated heterocycles. The van der Waals surface area contributed by atoms with E-state index in [1.807, 2.05) is 36.4 Å². The summed E-state index contributed by atoms with van der Waals surface area (Å²) in [7, 11) is -1.02. The zero-order valence-corrected chi connectivity index (χ0v) is 13.3. The van der Waals surface area contributed by atoms with Crippen molar-refractivity contribution in [3.05, 3.63) is 65.7 Å². The van der Waals surface area contributed by atoms with E-state index < -0.39 is 10.8 Å². The van der Waals surface area contributed by atoms with Crippen LogP contribution >= 0.6 is 0 Å². The van der Waals surface area contributed by atoms with Crippen LogP contribution < -0.4 is 10.6 Å². The van der Waals surface area contributed by atoms with E-state index in [0.29, 0.717) is 29.3 Å². The summed E-state index contributed by atoms with van der Waals surface area (Å²) in [4.78, 5) is 11.7. The lowest BCUT2D eigenvalue weighted by molar-refractivity contribution is 0.252. The molecule has 0 aliphatic rings. The number of rotatable bonds is 6. The number of anilines is 1. The highest BCUT2D eigenvalue weighted by Crippen LogP contribution is 2.08. The number of urea groups is 1. The van der Waals surface area contributed by atoms with Gasteiger partial charge in [0.25, 0.3) is 0 Å². The van der Waals surface area contributed by atoms with Gasteiger partial charge < -0.3 is 10.6 Å². The monoisotopic (exact) mass is 327 g/mol. The number of amides is 2. The van der Waals surface area contributed by atoms with Crippen LogP contribution in [0, 0.1) is 11.3 Å². The van der Waals surface area contributed by atoms with E-state index in [4.69, 9.17) is 5.26 Å². The van der Waals surface area contributed by atoms with Crippen LogP contribution in [0.2, 0.25) is 0 Å². The number of nitriles is 1. The van der Waals surface area contributed by atoms with Crippen molar-refractivity contribution in [3.63, 3.8) is 0 Å². The minimum Gasteiger partial charge on any atom is -0.337 e. The SMILES string of the molecule is N#Cc1ccc(NC(=O)NCC[S@](=O)Cc2ccccc2)cc1. The molecule has 2 amide bonds. The van der Waals surface area contributed by atoms with Crippen molar-refractivity contribution in [2.45, 2.75) is 5.75 Å². The second kappa shape index (κ2) is 8.71. The number of hydrogen-bond donors (Lipinski definition) is 2. The Kier molecular flexibility index (Phi) is 6.33. The zero-order valence-electron chi connectivity index (χ0n) is 12.5. The summed E-state index contributed by atoms with van der Waals surface area (Å²) in [5, 5.41) is 14.0. The van der Waals surface area contributed by atoms with Crippen LogP contribution in [0.1, 0.15) is 11.1 Å². The van der Waals surface area contributed by atoms with Gasteiger partial charge in [0, 0.05) is 34.5 Å². The number of nitrogens with zero attached hydrogens (tertiary/aromatic N) is 1. The zero-order chi connectivity index (χ0) is 16.5. The van der Waals surface area contributed by atoms with E-state index in [0.717, 1.165) is 5.56 Å². The Hall–Kier alpha value is -2.65. The Balaban J connectivity index is 1.70. The molecular weight excluding hydrogens is 310 g/mol. The second-order valence-corrected chi connectivity index (χ2v) is 6.42. The minimum absolute atomic E-state index is 0.335. The van der Waals surface area contributed by atoms with E-state index in [1.165, 1.54) is 0 Å². The van der Waals surface area contributed by atoms with Crippen molar-refractivity contribution in [3.8, 4) is 6.07 Å². The average molecular weight is 327 g/mol. The van der Waals surface area contributed by atoms with Gasteiger partial charge in [-0.15, -0.1) is 0 Å². The molecule has 0 aliphatic carbocycles. The molecule has 2 N–H and O–H groups in total. The molecule has 2 rings (SSSR count).